The summed E-state index contributed by atoms with van der Waals surface area (Å²) in [5, 5.41) is 6.83. The van der Waals surface area contributed by atoms with E-state index < -0.39 is 0 Å². The van der Waals surface area contributed by atoms with Gasteiger partial charge in [-0.05, 0) is 38.0 Å². The van der Waals surface area contributed by atoms with Crippen LogP contribution in [0.4, 0.5) is 0 Å². The highest BCUT2D eigenvalue weighted by Gasteiger charge is 2.30. The molecule has 2 unspecified atom stereocenters. The molecular weight excluding hydrogens is 240 g/mol. The highest BCUT2D eigenvalue weighted by atomic mass is 16.2. The summed E-state index contributed by atoms with van der Waals surface area (Å²) in [6.45, 7) is 0.848. The molecule has 2 heterocycles. The number of piperidine rings is 1. The van der Waals surface area contributed by atoms with Crippen LogP contribution in [0.3, 0.4) is 0 Å². The third kappa shape index (κ3) is 2.69. The minimum absolute atomic E-state index is 0.0918. The molecule has 0 radical (unpaired) electrons. The zero-order chi connectivity index (χ0) is 13.1. The normalized spacial score (nSPS) is 26.8. The highest BCUT2D eigenvalue weighted by Crippen LogP contribution is 2.30. The second-order valence-corrected chi connectivity index (χ2v) is 5.44. The zero-order valence-corrected chi connectivity index (χ0v) is 11.1. The number of carbonyl (C=O) groups excluding carboxylic acids is 1. The van der Waals surface area contributed by atoms with Crippen LogP contribution in [0.25, 0.3) is 0 Å². The van der Waals surface area contributed by atoms with Crippen LogP contribution >= 0.6 is 0 Å². The first-order chi connectivity index (χ1) is 9.34. The SMILES string of the molecule is O=C(CC1C=CCC1)N1CCCCC1c1ncn[nH]1. The summed E-state index contributed by atoms with van der Waals surface area (Å²) in [4.78, 5) is 18.7. The third-order valence-corrected chi connectivity index (χ3v) is 4.12. The molecule has 1 aromatic rings. The summed E-state index contributed by atoms with van der Waals surface area (Å²) in [5.74, 6) is 1.53. The number of H-pyrrole nitrogens is 1. The predicted octanol–water partition coefficient (Wildman–Crippen LogP) is 2.21. The van der Waals surface area contributed by atoms with Gasteiger partial charge in [0.1, 0.15) is 12.2 Å². The Morgan fingerprint density at radius 1 is 1.42 bits per heavy atom. The third-order valence-electron chi connectivity index (χ3n) is 4.12. The lowest BCUT2D eigenvalue weighted by Gasteiger charge is -2.35. The van der Waals surface area contributed by atoms with Gasteiger partial charge in [-0.1, -0.05) is 12.2 Å². The van der Waals surface area contributed by atoms with E-state index in [0.29, 0.717) is 12.3 Å². The summed E-state index contributed by atoms with van der Waals surface area (Å²) in [7, 11) is 0. The quantitative estimate of drug-likeness (QED) is 0.848. The largest absolute Gasteiger partial charge is 0.332 e. The number of aromatic amines is 1. The maximum absolute atomic E-state index is 12.5. The first-order valence-corrected chi connectivity index (χ1v) is 7.16. The molecule has 1 N–H and O–H groups in total. The topological polar surface area (TPSA) is 61.9 Å². The lowest BCUT2D eigenvalue weighted by Crippen LogP contribution is -2.39. The van der Waals surface area contributed by atoms with Crippen molar-refractivity contribution in [1.29, 1.82) is 0 Å². The fourth-order valence-corrected chi connectivity index (χ4v) is 3.10. The van der Waals surface area contributed by atoms with Gasteiger partial charge < -0.3 is 4.90 Å². The number of hydrogen-bond acceptors (Lipinski definition) is 3. The van der Waals surface area contributed by atoms with Crippen LogP contribution < -0.4 is 0 Å². The number of likely N-dealkylation sites (tertiary alicyclic amines) is 1. The molecule has 0 bridgehead atoms. The van der Waals surface area contributed by atoms with E-state index in [-0.39, 0.29) is 11.9 Å². The summed E-state index contributed by atoms with van der Waals surface area (Å²) < 4.78 is 0. The van der Waals surface area contributed by atoms with E-state index >= 15 is 0 Å². The van der Waals surface area contributed by atoms with Gasteiger partial charge in [-0.25, -0.2) is 4.98 Å². The average molecular weight is 260 g/mol. The molecule has 5 heteroatoms. The lowest BCUT2D eigenvalue weighted by molar-refractivity contribution is -0.136. The van der Waals surface area contributed by atoms with Crippen LogP contribution in [0.15, 0.2) is 18.5 Å². The number of allylic oxidation sites excluding steroid dienone is 2. The molecule has 5 nitrogen and oxygen atoms in total. The number of amides is 1. The Balaban J connectivity index is 1.69. The molecule has 2 atom stereocenters. The van der Waals surface area contributed by atoms with Gasteiger partial charge in [-0.15, -0.1) is 0 Å². The van der Waals surface area contributed by atoms with Gasteiger partial charge in [-0.3, -0.25) is 9.89 Å². The van der Waals surface area contributed by atoms with Crippen LogP contribution in [0.5, 0.6) is 0 Å². The maximum Gasteiger partial charge on any atom is 0.223 e. The molecule has 0 spiro atoms. The van der Waals surface area contributed by atoms with Crippen molar-refractivity contribution in [3.8, 4) is 0 Å². The van der Waals surface area contributed by atoms with Crippen LogP contribution in [0.2, 0.25) is 0 Å². The number of hydrogen-bond donors (Lipinski definition) is 1. The Labute approximate surface area is 113 Å². The lowest BCUT2D eigenvalue weighted by atomic mass is 9.98. The van der Waals surface area contributed by atoms with E-state index in [1.165, 1.54) is 6.33 Å². The Morgan fingerprint density at radius 3 is 3.11 bits per heavy atom. The Bertz CT molecular complexity index is 454. The van der Waals surface area contributed by atoms with E-state index in [2.05, 4.69) is 27.3 Å². The van der Waals surface area contributed by atoms with Crippen molar-refractivity contribution in [3.05, 3.63) is 24.3 Å². The molecule has 19 heavy (non-hydrogen) atoms. The zero-order valence-electron chi connectivity index (χ0n) is 11.1. The first-order valence-electron chi connectivity index (χ1n) is 7.16. The van der Waals surface area contributed by atoms with Crippen molar-refractivity contribution in [1.82, 2.24) is 20.1 Å². The predicted molar refractivity (Wildman–Crippen MR) is 71.2 cm³/mol. The molecule has 1 aliphatic carbocycles. The maximum atomic E-state index is 12.5. The molecule has 0 saturated carbocycles. The van der Waals surface area contributed by atoms with E-state index in [1.54, 1.807) is 0 Å². The first kappa shape index (κ1) is 12.4. The number of carbonyl (C=O) groups is 1. The van der Waals surface area contributed by atoms with E-state index in [9.17, 15) is 4.79 Å². The van der Waals surface area contributed by atoms with Gasteiger partial charge in [-0.2, -0.15) is 5.10 Å². The van der Waals surface area contributed by atoms with Crippen molar-refractivity contribution < 1.29 is 4.79 Å². The number of rotatable bonds is 3. The van der Waals surface area contributed by atoms with Gasteiger partial charge in [0, 0.05) is 13.0 Å². The molecule has 2 aliphatic rings. The van der Waals surface area contributed by atoms with E-state index in [0.717, 1.165) is 44.5 Å². The Kier molecular flexibility index (Phi) is 3.62. The van der Waals surface area contributed by atoms with E-state index in [4.69, 9.17) is 0 Å². The van der Waals surface area contributed by atoms with Crippen LogP contribution in [0.1, 0.15) is 50.4 Å². The summed E-state index contributed by atoms with van der Waals surface area (Å²) >= 11 is 0. The molecule has 1 fully saturated rings. The molecule has 3 rings (SSSR count). The number of aromatic nitrogens is 3. The highest BCUT2D eigenvalue weighted by molar-refractivity contribution is 5.77. The monoisotopic (exact) mass is 260 g/mol. The summed E-state index contributed by atoms with van der Waals surface area (Å²) in [6.07, 6.45) is 12.0. The van der Waals surface area contributed by atoms with Crippen LogP contribution in [-0.2, 0) is 4.79 Å². The molecular formula is C14H20N4O. The average Bonchev–Trinajstić information content (AvgIpc) is 3.11. The molecule has 1 aromatic heterocycles. The fraction of sp³-hybridized carbons (Fsp3) is 0.643. The minimum atomic E-state index is 0.0918. The summed E-state index contributed by atoms with van der Waals surface area (Å²) in [5.41, 5.74) is 0. The Hall–Kier alpha value is -1.65. The molecule has 102 valence electrons. The van der Waals surface area contributed by atoms with Crippen molar-refractivity contribution in [2.75, 3.05) is 6.54 Å². The van der Waals surface area contributed by atoms with Crippen molar-refractivity contribution in [2.45, 2.75) is 44.6 Å². The number of nitrogens with zero attached hydrogens (tertiary/aromatic N) is 3. The van der Waals surface area contributed by atoms with Crippen molar-refractivity contribution >= 4 is 5.91 Å². The molecule has 1 saturated heterocycles. The van der Waals surface area contributed by atoms with Gasteiger partial charge >= 0.3 is 0 Å². The Morgan fingerprint density at radius 2 is 2.37 bits per heavy atom. The van der Waals surface area contributed by atoms with Gasteiger partial charge in [0.2, 0.25) is 5.91 Å². The molecule has 0 aromatic carbocycles. The van der Waals surface area contributed by atoms with Gasteiger partial charge in [0.25, 0.3) is 0 Å². The minimum Gasteiger partial charge on any atom is -0.332 e. The van der Waals surface area contributed by atoms with Crippen LogP contribution in [0, 0.1) is 5.92 Å². The second kappa shape index (κ2) is 5.55. The van der Waals surface area contributed by atoms with Crippen molar-refractivity contribution in [2.24, 2.45) is 5.92 Å². The van der Waals surface area contributed by atoms with Crippen molar-refractivity contribution in [3.63, 3.8) is 0 Å². The summed E-state index contributed by atoms with van der Waals surface area (Å²) in [6, 6.07) is 0.0918. The smallest absolute Gasteiger partial charge is 0.223 e. The van der Waals surface area contributed by atoms with E-state index in [1.807, 2.05) is 4.90 Å². The van der Waals surface area contributed by atoms with Crippen LogP contribution in [-0.4, -0.2) is 32.5 Å². The molecule has 1 aliphatic heterocycles. The fourth-order valence-electron chi connectivity index (χ4n) is 3.10. The van der Waals surface area contributed by atoms with Gasteiger partial charge in [0.05, 0.1) is 6.04 Å². The number of nitrogens with one attached hydrogen (secondary N) is 1. The second-order valence-electron chi connectivity index (χ2n) is 5.44. The molecule has 1 amide bonds. The standard InChI is InChI=1S/C14H20N4O/c19-13(9-11-5-1-2-6-11)18-8-4-3-7-12(18)14-15-10-16-17-14/h1,5,10-12H,2-4,6-9H2,(H,15,16,17). The van der Waals surface area contributed by atoms with Gasteiger partial charge in [0.15, 0.2) is 0 Å².